The molecule has 0 spiro atoms. The van der Waals surface area contributed by atoms with Crippen LogP contribution in [0.1, 0.15) is 12.0 Å². The minimum absolute atomic E-state index is 0.631. The molecule has 1 aromatic carbocycles. The molecule has 17 heavy (non-hydrogen) atoms. The van der Waals surface area contributed by atoms with Crippen LogP contribution in [-0.4, -0.2) is 16.3 Å². The lowest BCUT2D eigenvalue weighted by molar-refractivity contribution is 0.834. The van der Waals surface area contributed by atoms with Crippen molar-refractivity contribution in [2.24, 2.45) is 5.73 Å². The number of nitrogens with zero attached hydrogens (tertiary/aromatic N) is 2. The molecule has 0 aliphatic heterocycles. The third-order valence-corrected chi connectivity index (χ3v) is 2.94. The molecule has 0 saturated heterocycles. The second-order valence-corrected chi connectivity index (χ2v) is 4.22. The lowest BCUT2D eigenvalue weighted by Crippen LogP contribution is -2.05. The van der Waals surface area contributed by atoms with E-state index in [1.54, 1.807) is 10.9 Å². The van der Waals surface area contributed by atoms with Gasteiger partial charge in [0.1, 0.15) is 5.82 Å². The zero-order chi connectivity index (χ0) is 12.3. The Morgan fingerprint density at radius 2 is 2.06 bits per heavy atom. The van der Waals surface area contributed by atoms with Gasteiger partial charge in [-0.3, -0.25) is 0 Å². The number of anilines is 1. The fourth-order valence-corrected chi connectivity index (χ4v) is 1.91. The summed E-state index contributed by atoms with van der Waals surface area (Å²) in [5, 5.41) is 4.90. The molecule has 5 heteroatoms. The van der Waals surface area contributed by atoms with E-state index >= 15 is 0 Å². The Kier molecular flexibility index (Phi) is 3.66. The number of hydrogen-bond donors (Lipinski definition) is 2. The monoisotopic (exact) mass is 250 g/mol. The summed E-state index contributed by atoms with van der Waals surface area (Å²) in [6.07, 6.45) is 3.51. The molecule has 0 aliphatic carbocycles. The van der Waals surface area contributed by atoms with Crippen molar-refractivity contribution in [1.82, 2.24) is 9.78 Å². The van der Waals surface area contributed by atoms with Gasteiger partial charge in [-0.25, -0.2) is 4.68 Å². The normalized spacial score (nSPS) is 10.7. The Hall–Kier alpha value is -1.52. The van der Waals surface area contributed by atoms with Crippen molar-refractivity contribution < 1.29 is 0 Å². The maximum Gasteiger partial charge on any atom is 0.130 e. The Bertz CT molecular complexity index is 507. The summed E-state index contributed by atoms with van der Waals surface area (Å²) in [6, 6.07) is 7.48. The standard InChI is InChI=1S/C12H15ClN4/c13-10-5-1-2-6-11(10)17-12(15)9(8-16-17)4-3-7-14/h1-2,5-6,8H,3-4,7,14-15H2. The molecule has 1 heterocycles. The van der Waals surface area contributed by atoms with E-state index in [1.807, 2.05) is 24.3 Å². The molecule has 0 fully saturated rings. The van der Waals surface area contributed by atoms with E-state index in [4.69, 9.17) is 23.1 Å². The van der Waals surface area contributed by atoms with Crippen LogP contribution in [0.25, 0.3) is 5.69 Å². The molecule has 2 aromatic rings. The fourth-order valence-electron chi connectivity index (χ4n) is 1.69. The first-order chi connectivity index (χ1) is 8.24. The summed E-state index contributed by atoms with van der Waals surface area (Å²) >= 11 is 6.11. The molecule has 90 valence electrons. The van der Waals surface area contributed by atoms with E-state index in [0.29, 0.717) is 17.4 Å². The third kappa shape index (κ3) is 2.43. The first-order valence-electron chi connectivity index (χ1n) is 5.51. The molecule has 0 atom stereocenters. The third-order valence-electron chi connectivity index (χ3n) is 2.62. The second-order valence-electron chi connectivity index (χ2n) is 3.81. The maximum atomic E-state index is 6.11. The fraction of sp³-hybridized carbons (Fsp3) is 0.250. The lowest BCUT2D eigenvalue weighted by Gasteiger charge is -2.06. The number of para-hydroxylation sites is 1. The van der Waals surface area contributed by atoms with Gasteiger partial charge in [0.05, 0.1) is 16.9 Å². The SMILES string of the molecule is NCCCc1cnn(-c2ccccc2Cl)c1N. The zero-order valence-corrected chi connectivity index (χ0v) is 10.2. The van der Waals surface area contributed by atoms with Gasteiger partial charge < -0.3 is 11.5 Å². The summed E-state index contributed by atoms with van der Waals surface area (Å²) in [6.45, 7) is 0.650. The van der Waals surface area contributed by atoms with E-state index in [9.17, 15) is 0 Å². The number of halogens is 1. The van der Waals surface area contributed by atoms with Crippen molar-refractivity contribution >= 4 is 17.4 Å². The predicted octanol–water partition coefficient (Wildman–Crippen LogP) is 2.00. The molecule has 1 aromatic heterocycles. The highest BCUT2D eigenvalue weighted by Gasteiger charge is 2.10. The number of hydrogen-bond acceptors (Lipinski definition) is 3. The average molecular weight is 251 g/mol. The Balaban J connectivity index is 2.34. The van der Waals surface area contributed by atoms with Crippen molar-refractivity contribution in [2.45, 2.75) is 12.8 Å². The molecule has 4 nitrogen and oxygen atoms in total. The van der Waals surface area contributed by atoms with Gasteiger partial charge in [-0.1, -0.05) is 23.7 Å². The molecule has 0 saturated carbocycles. The number of rotatable bonds is 4. The van der Waals surface area contributed by atoms with Gasteiger partial charge in [0.25, 0.3) is 0 Å². The van der Waals surface area contributed by atoms with Gasteiger partial charge in [0.2, 0.25) is 0 Å². The number of aryl methyl sites for hydroxylation is 1. The van der Waals surface area contributed by atoms with E-state index in [-0.39, 0.29) is 0 Å². The molecule has 0 radical (unpaired) electrons. The van der Waals surface area contributed by atoms with Crippen LogP contribution < -0.4 is 11.5 Å². The second kappa shape index (κ2) is 5.21. The molecule has 2 rings (SSSR count). The van der Waals surface area contributed by atoms with Crippen LogP contribution in [0.15, 0.2) is 30.5 Å². The van der Waals surface area contributed by atoms with Crippen LogP contribution in [0.3, 0.4) is 0 Å². The predicted molar refractivity (Wildman–Crippen MR) is 70.4 cm³/mol. The van der Waals surface area contributed by atoms with Crippen LogP contribution in [-0.2, 0) is 6.42 Å². The molecule has 4 N–H and O–H groups in total. The Morgan fingerprint density at radius 1 is 1.29 bits per heavy atom. The van der Waals surface area contributed by atoms with Gasteiger partial charge in [-0.15, -0.1) is 0 Å². The van der Waals surface area contributed by atoms with E-state index in [2.05, 4.69) is 5.10 Å². The lowest BCUT2D eigenvalue weighted by atomic mass is 10.2. The highest BCUT2D eigenvalue weighted by molar-refractivity contribution is 6.32. The molecular formula is C12H15ClN4. The highest BCUT2D eigenvalue weighted by atomic mass is 35.5. The number of nitrogens with two attached hydrogens (primary N) is 2. The molecule has 0 bridgehead atoms. The van der Waals surface area contributed by atoms with E-state index in [0.717, 1.165) is 24.1 Å². The number of aromatic nitrogens is 2. The highest BCUT2D eigenvalue weighted by Crippen LogP contribution is 2.24. The van der Waals surface area contributed by atoms with E-state index in [1.165, 1.54) is 0 Å². The Labute approximate surface area is 105 Å². The minimum atomic E-state index is 0.631. The summed E-state index contributed by atoms with van der Waals surface area (Å²) in [7, 11) is 0. The molecular weight excluding hydrogens is 236 g/mol. The topological polar surface area (TPSA) is 69.9 Å². The average Bonchev–Trinajstić information content (AvgIpc) is 2.69. The summed E-state index contributed by atoms with van der Waals surface area (Å²) < 4.78 is 1.66. The van der Waals surface area contributed by atoms with Crippen LogP contribution >= 0.6 is 11.6 Å². The van der Waals surface area contributed by atoms with Crippen molar-refractivity contribution in [2.75, 3.05) is 12.3 Å². The minimum Gasteiger partial charge on any atom is -0.383 e. The van der Waals surface area contributed by atoms with Gasteiger partial charge >= 0.3 is 0 Å². The van der Waals surface area contributed by atoms with Gasteiger partial charge in [-0.05, 0) is 31.5 Å². The van der Waals surface area contributed by atoms with E-state index < -0.39 is 0 Å². The zero-order valence-electron chi connectivity index (χ0n) is 9.44. The van der Waals surface area contributed by atoms with Gasteiger partial charge in [0.15, 0.2) is 0 Å². The Morgan fingerprint density at radius 3 is 2.76 bits per heavy atom. The number of benzene rings is 1. The van der Waals surface area contributed by atoms with Crippen LogP contribution in [0.2, 0.25) is 5.02 Å². The van der Waals surface area contributed by atoms with Gasteiger partial charge in [0, 0.05) is 5.56 Å². The van der Waals surface area contributed by atoms with Crippen LogP contribution in [0, 0.1) is 0 Å². The van der Waals surface area contributed by atoms with Gasteiger partial charge in [-0.2, -0.15) is 5.10 Å². The quantitative estimate of drug-likeness (QED) is 0.872. The molecule has 0 unspecified atom stereocenters. The van der Waals surface area contributed by atoms with Crippen molar-refractivity contribution in [1.29, 1.82) is 0 Å². The maximum absolute atomic E-state index is 6.11. The van der Waals surface area contributed by atoms with Crippen molar-refractivity contribution in [3.8, 4) is 5.69 Å². The largest absolute Gasteiger partial charge is 0.383 e. The van der Waals surface area contributed by atoms with Crippen molar-refractivity contribution in [3.63, 3.8) is 0 Å². The summed E-state index contributed by atoms with van der Waals surface area (Å²) in [4.78, 5) is 0. The number of nitrogen functional groups attached to an aromatic ring is 1. The van der Waals surface area contributed by atoms with Crippen LogP contribution in [0.4, 0.5) is 5.82 Å². The smallest absolute Gasteiger partial charge is 0.130 e. The van der Waals surface area contributed by atoms with Crippen LogP contribution in [0.5, 0.6) is 0 Å². The summed E-state index contributed by atoms with van der Waals surface area (Å²) in [5.74, 6) is 0.631. The molecule has 0 amide bonds. The molecule has 0 aliphatic rings. The van der Waals surface area contributed by atoms with Crippen molar-refractivity contribution in [3.05, 3.63) is 41.0 Å². The summed E-state index contributed by atoms with van der Waals surface area (Å²) in [5.41, 5.74) is 13.3. The first-order valence-corrected chi connectivity index (χ1v) is 5.89. The first kappa shape index (κ1) is 12.0.